The molecule has 0 nitrogen and oxygen atoms in total. The van der Waals surface area contributed by atoms with E-state index in [4.69, 9.17) is 152 Å². The molecule has 0 aromatic heterocycles. The van der Waals surface area contributed by atoms with Gasteiger partial charge in [-0.3, -0.25) is 0 Å². The van der Waals surface area contributed by atoms with Crippen LogP contribution in [0, 0.1) is 71.0 Å². The molecule has 0 saturated heterocycles. The predicted octanol–water partition coefficient (Wildman–Crippen LogP) is 18.9. The molecule has 0 aliphatic rings. The summed E-state index contributed by atoms with van der Waals surface area (Å²) >= 11 is 56.7. The van der Waals surface area contributed by atoms with Gasteiger partial charge in [0.1, 0.15) is 0 Å². The minimum atomic E-state index is 0. The van der Waals surface area contributed by atoms with Gasteiger partial charge in [0.05, 0.1) is 0 Å². The maximum Gasteiger partial charge on any atom is 2.00 e. The zero-order valence-corrected chi connectivity index (χ0v) is 70.4. The molecule has 0 aliphatic heterocycles. The summed E-state index contributed by atoms with van der Waals surface area (Å²) in [7, 11) is 0. The van der Waals surface area contributed by atoms with Crippen LogP contribution in [0.5, 0.6) is 0 Å². The van der Waals surface area contributed by atoms with E-state index < -0.39 is 0 Å². The van der Waals surface area contributed by atoms with Gasteiger partial charge in [-0.15, -0.1) is 0 Å². The van der Waals surface area contributed by atoms with E-state index in [0.29, 0.717) is 0 Å². The van der Waals surface area contributed by atoms with Gasteiger partial charge in [-0.1, -0.05) is 243 Å². The normalized spacial score (nSPS) is 9.23. The molecule has 0 unspecified atom stereocenters. The van der Waals surface area contributed by atoms with E-state index in [2.05, 4.69) is 166 Å². The van der Waals surface area contributed by atoms with Crippen molar-refractivity contribution in [1.29, 1.82) is 0 Å². The minimum Gasteiger partial charge on any atom is -0.793 e. The van der Waals surface area contributed by atoms with Crippen LogP contribution in [0.25, 0.3) is 0 Å². The average molecular weight is 1590 g/mol. The van der Waals surface area contributed by atoms with Crippen LogP contribution in [0.15, 0.2) is 0 Å². The molecule has 0 aromatic rings. The molecule has 0 amide bonds. The first kappa shape index (κ1) is 134. The fraction of sp³-hybridized carbons (Fsp3) is 1.00. The first-order chi connectivity index (χ1) is 33.2. The van der Waals surface area contributed by atoms with Crippen molar-refractivity contribution in [3.63, 3.8) is 0 Å². The topological polar surface area (TPSA) is 0 Å². The summed E-state index contributed by atoms with van der Waals surface area (Å²) in [5, 5.41) is 0. The van der Waals surface area contributed by atoms with Crippen molar-refractivity contribution in [2.24, 2.45) is 71.0 Å². The van der Waals surface area contributed by atoms with E-state index in [1.165, 1.54) is 77.0 Å². The van der Waals surface area contributed by atoms with Crippen molar-refractivity contribution in [1.82, 2.24) is 0 Å². The maximum absolute atomic E-state index is 4.73. The Bertz CT molecular complexity index is 547. The average Bonchev–Trinajstić information content (AvgIpc) is 3.20. The zero-order valence-electron chi connectivity index (χ0n) is 54.7. The molecule has 78 heavy (non-hydrogen) atoms. The second-order valence-electron chi connectivity index (χ2n) is 22.6. The minimum absolute atomic E-state index is 0. The van der Waals surface area contributed by atoms with Gasteiger partial charge >= 0.3 is 98.9 Å². The Morgan fingerprint density at radius 3 is 0.167 bits per heavy atom. The van der Waals surface area contributed by atoms with E-state index in [0.717, 1.165) is 140 Å². The summed E-state index contributed by atoms with van der Waals surface area (Å²) < 4.78 is 0. The van der Waals surface area contributed by atoms with Gasteiger partial charge in [-0.2, -0.15) is 69.0 Å². The van der Waals surface area contributed by atoms with Crippen molar-refractivity contribution in [3.8, 4) is 0 Å². The van der Waals surface area contributed by atoms with Crippen molar-refractivity contribution in [2.75, 3.05) is 69.0 Å². The molecule has 0 saturated carbocycles. The van der Waals surface area contributed by atoms with E-state index >= 15 is 0 Å². The summed E-state index contributed by atoms with van der Waals surface area (Å²) in [5.41, 5.74) is 0. The first-order valence-corrected chi connectivity index (χ1v) is 35.1. The molecule has 0 atom stereocenters. The van der Waals surface area contributed by atoms with Crippen LogP contribution in [-0.2, 0) is 250 Å². The molecule has 0 spiro atoms. The zero-order chi connectivity index (χ0) is 59.9. The van der Waals surface area contributed by atoms with Crippen LogP contribution in [0.1, 0.15) is 243 Å². The first-order valence-electron chi connectivity index (χ1n) is 28.2. The summed E-state index contributed by atoms with van der Waals surface area (Å²) in [6.07, 6.45) is 14.3. The van der Waals surface area contributed by atoms with E-state index in [1.54, 1.807) is 0 Å². The smallest absolute Gasteiger partial charge is 0.793 e. The second-order valence-corrected chi connectivity index (χ2v) is 27.5. The van der Waals surface area contributed by atoms with Gasteiger partial charge in [-0.05, 0) is 71.0 Å². The van der Waals surface area contributed by atoms with E-state index in [-0.39, 0.29) is 98.9 Å². The molecular weight excluding hydrogens is 1460 g/mol. The third-order valence-electron chi connectivity index (χ3n) is 8.34. The molecule has 0 rings (SSSR count). The standard InChI is InChI=1S/12C5H12S.6Ni/c12*1-5(2)3-4-6;;;;;;/h12*5-6H,3-4H2,1-2H3;;;;;;/q;;;;;;;;;;;;6*+2/p-12. The number of rotatable bonds is 24. The third-order valence-corrected chi connectivity index (χ3v) is 11.2. The molecule has 18 heteroatoms. The Balaban J connectivity index is -0.0000000312. The van der Waals surface area contributed by atoms with Crippen molar-refractivity contribution in [2.45, 2.75) is 243 Å². The van der Waals surface area contributed by atoms with Gasteiger partial charge in [0.2, 0.25) is 0 Å². The third kappa shape index (κ3) is 301. The van der Waals surface area contributed by atoms with Crippen LogP contribution < -0.4 is 0 Å². The molecule has 0 aliphatic carbocycles. The molecule has 0 heterocycles. The fourth-order valence-corrected chi connectivity index (χ4v) is 8.49. The van der Waals surface area contributed by atoms with Gasteiger partial charge in [0.25, 0.3) is 0 Å². The SMILES string of the molecule is CC(C)CC[S-].CC(C)CC[S-].CC(C)CC[S-].CC(C)CC[S-].CC(C)CC[S-].CC(C)CC[S-].CC(C)CC[S-].CC(C)CC[S-].CC(C)CC[S-].CC(C)CC[S-].CC(C)CC[S-].CC(C)CC[S-].[Ni+2].[Ni+2].[Ni+2].[Ni+2].[Ni+2].[Ni+2]. The molecular formula is C60H132Ni6S12. The Kier molecular flexibility index (Phi) is 221. The Hall–Kier alpha value is 7.16. The Morgan fingerprint density at radius 2 is 0.167 bits per heavy atom. The number of hydrogen-bond donors (Lipinski definition) is 0. The second kappa shape index (κ2) is 129. The van der Waals surface area contributed by atoms with Crippen LogP contribution in [0.3, 0.4) is 0 Å². The molecule has 0 bridgehead atoms. The predicted molar refractivity (Wildman–Crippen MR) is 380 cm³/mol. The van der Waals surface area contributed by atoms with Crippen LogP contribution in [-0.4, -0.2) is 69.0 Å². The monoisotopic (exact) mass is 1580 g/mol. The van der Waals surface area contributed by atoms with E-state index in [1.807, 2.05) is 0 Å². The van der Waals surface area contributed by atoms with Crippen LogP contribution in [0.2, 0.25) is 0 Å². The van der Waals surface area contributed by atoms with Gasteiger partial charge in [0, 0.05) is 0 Å². The largest absolute Gasteiger partial charge is 2.00 e. The van der Waals surface area contributed by atoms with Gasteiger partial charge < -0.3 is 152 Å². The quantitative estimate of drug-likeness (QED) is 0.0668. The fourth-order valence-electron chi connectivity index (χ4n) is 2.83. The van der Waals surface area contributed by atoms with Crippen molar-refractivity contribution in [3.05, 3.63) is 0 Å². The molecule has 504 valence electrons. The van der Waals surface area contributed by atoms with Gasteiger partial charge in [-0.25, -0.2) is 0 Å². The molecule has 0 aromatic carbocycles. The van der Waals surface area contributed by atoms with E-state index in [9.17, 15) is 0 Å². The summed E-state index contributed by atoms with van der Waals surface area (Å²) in [6.45, 7) is 52.5. The Labute approximate surface area is 625 Å². The van der Waals surface area contributed by atoms with Crippen LogP contribution >= 0.6 is 0 Å². The molecule has 0 radical (unpaired) electrons. The Morgan fingerprint density at radius 1 is 0.128 bits per heavy atom. The maximum atomic E-state index is 4.73. The number of hydrogen-bond acceptors (Lipinski definition) is 12. The molecule has 0 N–H and O–H groups in total. The van der Waals surface area contributed by atoms with Gasteiger partial charge in [0.15, 0.2) is 0 Å². The van der Waals surface area contributed by atoms with Crippen LogP contribution in [0.4, 0.5) is 0 Å². The summed E-state index contributed by atoms with van der Waals surface area (Å²) in [6, 6.07) is 0. The van der Waals surface area contributed by atoms with Crippen molar-refractivity contribution >= 4 is 152 Å². The summed E-state index contributed by atoms with van der Waals surface area (Å²) in [4.78, 5) is 0. The molecule has 0 fully saturated rings. The summed E-state index contributed by atoms with van der Waals surface area (Å²) in [5.74, 6) is 20.5. The van der Waals surface area contributed by atoms with Crippen molar-refractivity contribution < 1.29 is 98.9 Å².